The van der Waals surface area contributed by atoms with Crippen LogP contribution in [0.1, 0.15) is 42.4 Å². The number of hydrogen-bond acceptors (Lipinski definition) is 4. The summed E-state index contributed by atoms with van der Waals surface area (Å²) in [5.41, 5.74) is 11.1. The van der Waals surface area contributed by atoms with Crippen molar-refractivity contribution in [3.8, 4) is 5.88 Å². The highest BCUT2D eigenvalue weighted by atomic mass is 127. The first kappa shape index (κ1) is 21.8. The predicted molar refractivity (Wildman–Crippen MR) is 126 cm³/mol. The Morgan fingerprint density at radius 1 is 1.21 bits per heavy atom. The number of ether oxygens (including phenoxy) is 2. The molecule has 1 aromatic carbocycles. The van der Waals surface area contributed by atoms with Crippen LogP contribution in [0.2, 0.25) is 0 Å². The highest BCUT2D eigenvalue weighted by molar-refractivity contribution is 14.0. The van der Waals surface area contributed by atoms with Crippen LogP contribution in [0.5, 0.6) is 5.88 Å². The molecule has 156 valence electrons. The molecule has 2 aliphatic rings. The van der Waals surface area contributed by atoms with Gasteiger partial charge in [0.05, 0.1) is 19.8 Å². The monoisotopic (exact) mass is 508 g/mol. The first-order valence-corrected chi connectivity index (χ1v) is 10.1. The van der Waals surface area contributed by atoms with E-state index in [1.54, 1.807) is 6.20 Å². The molecule has 0 saturated carbocycles. The van der Waals surface area contributed by atoms with Crippen molar-refractivity contribution < 1.29 is 9.47 Å². The average molecular weight is 508 g/mol. The Balaban J connectivity index is 0.00000240. The largest absolute Gasteiger partial charge is 0.474 e. The normalized spacial score (nSPS) is 17.2. The van der Waals surface area contributed by atoms with Crippen molar-refractivity contribution in [2.75, 3.05) is 18.5 Å². The number of anilines is 1. The second-order valence-corrected chi connectivity index (χ2v) is 7.41. The maximum atomic E-state index is 6.15. The van der Waals surface area contributed by atoms with Crippen molar-refractivity contribution in [2.45, 2.75) is 51.2 Å². The van der Waals surface area contributed by atoms with Gasteiger partial charge in [0.15, 0.2) is 5.96 Å². The number of nitrogens with zero attached hydrogens (tertiary/aromatic N) is 2. The summed E-state index contributed by atoms with van der Waals surface area (Å²) >= 11 is 0. The van der Waals surface area contributed by atoms with Gasteiger partial charge in [0.25, 0.3) is 0 Å². The van der Waals surface area contributed by atoms with Gasteiger partial charge in [0.1, 0.15) is 6.10 Å². The van der Waals surface area contributed by atoms with E-state index >= 15 is 0 Å². The third kappa shape index (κ3) is 6.05. The molecule has 0 bridgehead atoms. The van der Waals surface area contributed by atoms with Crippen LogP contribution in [-0.4, -0.2) is 30.3 Å². The number of nitrogens with one attached hydrogen (secondary N) is 1. The predicted octanol–water partition coefficient (Wildman–Crippen LogP) is 4.06. The third-order valence-corrected chi connectivity index (χ3v) is 5.35. The van der Waals surface area contributed by atoms with Gasteiger partial charge in [-0.25, -0.2) is 9.98 Å². The van der Waals surface area contributed by atoms with E-state index in [1.807, 2.05) is 12.1 Å². The Hall–Kier alpha value is -1.87. The van der Waals surface area contributed by atoms with E-state index in [4.69, 9.17) is 15.2 Å². The minimum Gasteiger partial charge on any atom is -0.474 e. The van der Waals surface area contributed by atoms with Crippen LogP contribution in [0.3, 0.4) is 0 Å². The van der Waals surface area contributed by atoms with Crippen LogP contribution < -0.4 is 15.8 Å². The number of aryl methyl sites for hydroxylation is 1. The molecular weight excluding hydrogens is 479 g/mol. The number of fused-ring (bicyclic) bond motifs is 1. The number of aromatic nitrogens is 1. The van der Waals surface area contributed by atoms with Crippen LogP contribution in [0, 0.1) is 0 Å². The Morgan fingerprint density at radius 2 is 2.03 bits per heavy atom. The van der Waals surface area contributed by atoms with Gasteiger partial charge in [-0.3, -0.25) is 0 Å². The van der Waals surface area contributed by atoms with Crippen molar-refractivity contribution in [2.24, 2.45) is 10.7 Å². The molecule has 0 radical (unpaired) electrons. The first-order valence-electron chi connectivity index (χ1n) is 10.1. The van der Waals surface area contributed by atoms with Gasteiger partial charge < -0.3 is 20.5 Å². The van der Waals surface area contributed by atoms with E-state index in [-0.39, 0.29) is 30.1 Å². The van der Waals surface area contributed by atoms with Gasteiger partial charge in [-0.05, 0) is 54.5 Å². The summed E-state index contributed by atoms with van der Waals surface area (Å²) in [6.45, 7) is 1.99. The lowest BCUT2D eigenvalue weighted by atomic mass is 9.90. The van der Waals surface area contributed by atoms with Gasteiger partial charge in [-0.15, -0.1) is 24.0 Å². The molecular formula is C22H29IN4O2. The maximum absolute atomic E-state index is 6.15. The number of benzene rings is 1. The first-order chi connectivity index (χ1) is 13.8. The molecule has 1 aromatic heterocycles. The van der Waals surface area contributed by atoms with E-state index in [2.05, 4.69) is 33.5 Å². The Morgan fingerprint density at radius 3 is 2.90 bits per heavy atom. The average Bonchev–Trinajstić information content (AvgIpc) is 2.74. The molecule has 2 heterocycles. The zero-order valence-electron chi connectivity index (χ0n) is 16.6. The summed E-state index contributed by atoms with van der Waals surface area (Å²) in [4.78, 5) is 8.82. The molecule has 0 atom stereocenters. The number of halogens is 1. The number of pyridine rings is 1. The standard InChI is InChI=1S/C22H28N4O2.HI/c23-22(26-20-7-3-5-17-4-1-2-6-19(17)20)25-15-16-8-11-24-21(14-16)28-18-9-12-27-13-10-18;/h3,5,7-8,11,14,18H,1-2,4,6,9-10,12-13,15H2,(H3,23,25,26);1H. The van der Waals surface area contributed by atoms with Gasteiger partial charge in [0, 0.05) is 30.8 Å². The lowest BCUT2D eigenvalue weighted by molar-refractivity contribution is 0.0237. The lowest BCUT2D eigenvalue weighted by Gasteiger charge is -2.22. The van der Waals surface area contributed by atoms with Crippen LogP contribution in [0.4, 0.5) is 5.69 Å². The molecule has 0 amide bonds. The Labute approximate surface area is 189 Å². The molecule has 4 rings (SSSR count). The molecule has 2 aromatic rings. The van der Waals surface area contributed by atoms with Crippen molar-refractivity contribution in [3.05, 3.63) is 53.2 Å². The fraction of sp³-hybridized carbons (Fsp3) is 0.455. The zero-order valence-corrected chi connectivity index (χ0v) is 18.9. The molecule has 7 heteroatoms. The molecule has 1 aliphatic heterocycles. The summed E-state index contributed by atoms with van der Waals surface area (Å²) in [5, 5.41) is 3.29. The minimum absolute atomic E-state index is 0. The van der Waals surface area contributed by atoms with Gasteiger partial charge >= 0.3 is 0 Å². The van der Waals surface area contributed by atoms with Crippen molar-refractivity contribution in [1.29, 1.82) is 0 Å². The molecule has 1 aliphatic carbocycles. The van der Waals surface area contributed by atoms with Crippen molar-refractivity contribution in [1.82, 2.24) is 4.98 Å². The molecule has 1 saturated heterocycles. The van der Waals surface area contributed by atoms with E-state index in [9.17, 15) is 0 Å². The van der Waals surface area contributed by atoms with E-state index in [1.165, 1.54) is 24.0 Å². The van der Waals surface area contributed by atoms with E-state index in [0.29, 0.717) is 18.4 Å². The molecule has 6 nitrogen and oxygen atoms in total. The second kappa shape index (κ2) is 10.8. The highest BCUT2D eigenvalue weighted by Crippen LogP contribution is 2.27. The molecule has 3 N–H and O–H groups in total. The van der Waals surface area contributed by atoms with E-state index in [0.717, 1.165) is 50.1 Å². The fourth-order valence-corrected chi connectivity index (χ4v) is 3.83. The van der Waals surface area contributed by atoms with Crippen LogP contribution in [0.15, 0.2) is 41.5 Å². The van der Waals surface area contributed by atoms with Crippen molar-refractivity contribution in [3.63, 3.8) is 0 Å². The summed E-state index contributed by atoms with van der Waals surface area (Å²) < 4.78 is 11.3. The number of aliphatic imine (C=N–C) groups is 1. The maximum Gasteiger partial charge on any atom is 0.213 e. The number of hydrogen-bond donors (Lipinski definition) is 2. The summed E-state index contributed by atoms with van der Waals surface area (Å²) in [5.74, 6) is 1.07. The summed E-state index contributed by atoms with van der Waals surface area (Å²) in [6.07, 6.45) is 8.49. The molecule has 29 heavy (non-hydrogen) atoms. The van der Waals surface area contributed by atoms with Crippen molar-refractivity contribution >= 4 is 35.6 Å². The Bertz CT molecular complexity index is 837. The smallest absolute Gasteiger partial charge is 0.213 e. The lowest BCUT2D eigenvalue weighted by Crippen LogP contribution is -2.26. The van der Waals surface area contributed by atoms with E-state index < -0.39 is 0 Å². The fourth-order valence-electron chi connectivity index (χ4n) is 3.83. The minimum atomic E-state index is 0. The summed E-state index contributed by atoms with van der Waals surface area (Å²) in [7, 11) is 0. The number of nitrogens with two attached hydrogens (primary N) is 1. The van der Waals surface area contributed by atoms with Gasteiger partial charge in [-0.1, -0.05) is 12.1 Å². The molecule has 0 unspecified atom stereocenters. The van der Waals surface area contributed by atoms with Gasteiger partial charge in [-0.2, -0.15) is 0 Å². The molecule has 1 fully saturated rings. The van der Waals surface area contributed by atoms with Crippen LogP contribution in [-0.2, 0) is 24.1 Å². The number of rotatable bonds is 5. The SMILES string of the molecule is I.NC(=NCc1ccnc(OC2CCOCC2)c1)Nc1cccc2c1CCCC2. The van der Waals surface area contributed by atoms with Gasteiger partial charge in [0.2, 0.25) is 5.88 Å². The third-order valence-electron chi connectivity index (χ3n) is 5.35. The summed E-state index contributed by atoms with van der Waals surface area (Å²) in [6, 6.07) is 10.3. The highest BCUT2D eigenvalue weighted by Gasteiger charge is 2.16. The number of guanidine groups is 1. The van der Waals surface area contributed by atoms with Crippen LogP contribution in [0.25, 0.3) is 0 Å². The quantitative estimate of drug-likeness (QED) is 0.362. The zero-order chi connectivity index (χ0) is 19.2. The van der Waals surface area contributed by atoms with Crippen LogP contribution >= 0.6 is 24.0 Å². The second-order valence-electron chi connectivity index (χ2n) is 7.41. The Kier molecular flexibility index (Phi) is 8.11. The topological polar surface area (TPSA) is 81.8 Å². The molecule has 0 spiro atoms.